The number of cyclic esters (lactones) is 2. The van der Waals surface area contributed by atoms with E-state index in [4.69, 9.17) is 9.47 Å². The first-order valence-electron chi connectivity index (χ1n) is 10.6. The van der Waals surface area contributed by atoms with Crippen LogP contribution in [0, 0.1) is 5.41 Å². The number of rotatable bonds is 14. The maximum Gasteiger partial charge on any atom is 0.509 e. The maximum atomic E-state index is 12.2. The van der Waals surface area contributed by atoms with Crippen LogP contribution in [-0.4, -0.2) is 79.3 Å². The Morgan fingerprint density at radius 1 is 1.00 bits per heavy atom. The van der Waals surface area contributed by atoms with Gasteiger partial charge in [-0.15, -0.1) is 0 Å². The number of Topliss-reactive ketones (excluding diaryl/α,β-unsaturated/α-hetero) is 2. The monoisotopic (exact) mass is 502 g/mol. The predicted octanol–water partition coefficient (Wildman–Crippen LogP) is 0.302. The zero-order valence-electron chi connectivity index (χ0n) is 19.4. The molecule has 0 radical (unpaired) electrons. The van der Waals surface area contributed by atoms with Crippen molar-refractivity contribution in [3.05, 3.63) is 0 Å². The Bertz CT molecular complexity index is 811. The molecule has 2 N–H and O–H groups in total. The average molecular weight is 503 g/mol. The lowest BCUT2D eigenvalue weighted by Gasteiger charge is -2.35. The van der Waals surface area contributed by atoms with Crippen LogP contribution in [0.3, 0.4) is 0 Å². The van der Waals surface area contributed by atoms with E-state index in [0.717, 1.165) is 11.8 Å². The SMILES string of the molecule is COC(=O)CCC(=O)CC(=O)CC(=O)SCCNC(=O)CCNC(=O)[C@@H]1OC(=O)OCC1(C)C. The number of thioether (sulfide) groups is 1. The molecule has 0 aromatic heterocycles. The third kappa shape index (κ3) is 11.3. The number of carbonyl (C=O) groups excluding carboxylic acids is 7. The van der Waals surface area contributed by atoms with Crippen LogP contribution in [0.1, 0.15) is 46.0 Å². The van der Waals surface area contributed by atoms with Gasteiger partial charge in [0, 0.05) is 37.1 Å². The van der Waals surface area contributed by atoms with E-state index in [1.54, 1.807) is 13.8 Å². The fourth-order valence-electron chi connectivity index (χ4n) is 2.78. The van der Waals surface area contributed by atoms with Crippen molar-refractivity contribution >= 4 is 52.4 Å². The minimum Gasteiger partial charge on any atom is -0.469 e. The second-order valence-electron chi connectivity index (χ2n) is 8.14. The molecule has 0 bridgehead atoms. The summed E-state index contributed by atoms with van der Waals surface area (Å²) in [6.45, 7) is 3.66. The molecule has 1 rings (SSSR count). The smallest absolute Gasteiger partial charge is 0.469 e. The molecular formula is C21H30N2O10S. The minimum atomic E-state index is -1.02. The highest BCUT2D eigenvalue weighted by molar-refractivity contribution is 8.13. The van der Waals surface area contributed by atoms with E-state index in [0.29, 0.717) is 0 Å². The molecule has 190 valence electrons. The van der Waals surface area contributed by atoms with Crippen LogP contribution >= 0.6 is 11.8 Å². The molecule has 13 heteroatoms. The third-order valence-corrected chi connectivity index (χ3v) is 5.51. The molecule has 0 spiro atoms. The highest BCUT2D eigenvalue weighted by Gasteiger charge is 2.43. The second-order valence-corrected chi connectivity index (χ2v) is 9.30. The normalized spacial score (nSPS) is 16.4. The maximum absolute atomic E-state index is 12.2. The summed E-state index contributed by atoms with van der Waals surface area (Å²) in [7, 11) is 1.20. The summed E-state index contributed by atoms with van der Waals surface area (Å²) in [5, 5.41) is 4.69. The fraction of sp³-hybridized carbons (Fsp3) is 0.667. The van der Waals surface area contributed by atoms with Crippen molar-refractivity contribution in [1.29, 1.82) is 0 Å². The quantitative estimate of drug-likeness (QED) is 0.190. The van der Waals surface area contributed by atoms with Crippen molar-refractivity contribution in [2.24, 2.45) is 5.41 Å². The number of methoxy groups -OCH3 is 1. The van der Waals surface area contributed by atoms with Gasteiger partial charge in [-0.2, -0.15) is 0 Å². The molecule has 0 unspecified atom stereocenters. The van der Waals surface area contributed by atoms with Gasteiger partial charge in [0.1, 0.15) is 18.2 Å². The summed E-state index contributed by atoms with van der Waals surface area (Å²) < 4.78 is 14.1. The Balaban J connectivity index is 2.16. The van der Waals surface area contributed by atoms with Crippen LogP contribution < -0.4 is 10.6 Å². The van der Waals surface area contributed by atoms with Crippen LogP contribution in [0.25, 0.3) is 0 Å². The number of ether oxygens (including phenoxy) is 3. The highest BCUT2D eigenvalue weighted by atomic mass is 32.2. The first-order chi connectivity index (χ1) is 15.9. The van der Waals surface area contributed by atoms with Gasteiger partial charge in [-0.3, -0.25) is 28.8 Å². The average Bonchev–Trinajstić information content (AvgIpc) is 2.76. The first kappa shape index (κ1) is 29.1. The Morgan fingerprint density at radius 3 is 2.38 bits per heavy atom. The van der Waals surface area contributed by atoms with Gasteiger partial charge < -0.3 is 24.8 Å². The topological polar surface area (TPSA) is 171 Å². The summed E-state index contributed by atoms with van der Waals surface area (Å²) in [5.74, 6) is -2.18. The lowest BCUT2D eigenvalue weighted by molar-refractivity contribution is -0.149. The number of nitrogens with one attached hydrogen (secondary N) is 2. The van der Waals surface area contributed by atoms with Crippen LogP contribution in [0.15, 0.2) is 0 Å². The molecule has 12 nitrogen and oxygen atoms in total. The molecule has 1 aliphatic heterocycles. The van der Waals surface area contributed by atoms with Gasteiger partial charge in [-0.25, -0.2) is 4.79 Å². The molecule has 1 fully saturated rings. The largest absolute Gasteiger partial charge is 0.509 e. The number of hydrogen-bond acceptors (Lipinski definition) is 11. The van der Waals surface area contributed by atoms with E-state index in [-0.39, 0.29) is 50.6 Å². The Hall–Kier alpha value is -2.96. The van der Waals surface area contributed by atoms with E-state index < -0.39 is 59.1 Å². The standard InChI is InChI=1S/C21H30N2O10S/c1-21(2)12-32-20(30)33-18(21)19(29)23-7-6-15(26)22-8-9-34-17(28)11-14(25)10-13(24)4-5-16(27)31-3/h18H,4-12H2,1-3H3,(H,22,26)(H,23,29)/t18-/m0/s1. The van der Waals surface area contributed by atoms with Crippen molar-refractivity contribution in [2.45, 2.75) is 52.1 Å². The highest BCUT2D eigenvalue weighted by Crippen LogP contribution is 2.28. The van der Waals surface area contributed by atoms with Crippen LogP contribution in [0.2, 0.25) is 0 Å². The molecule has 0 aromatic carbocycles. The van der Waals surface area contributed by atoms with Gasteiger partial charge in [0.05, 0.1) is 26.4 Å². The molecule has 0 saturated carbocycles. The van der Waals surface area contributed by atoms with E-state index >= 15 is 0 Å². The number of hydrogen-bond donors (Lipinski definition) is 2. The number of ketones is 2. The van der Waals surface area contributed by atoms with Gasteiger partial charge in [-0.1, -0.05) is 25.6 Å². The summed E-state index contributed by atoms with van der Waals surface area (Å²) in [6, 6.07) is 0. The lowest BCUT2D eigenvalue weighted by Crippen LogP contribution is -2.52. The molecule has 34 heavy (non-hydrogen) atoms. The molecule has 0 aromatic rings. The molecule has 1 aliphatic rings. The van der Waals surface area contributed by atoms with Crippen molar-refractivity contribution in [2.75, 3.05) is 32.6 Å². The second kappa shape index (κ2) is 14.3. The van der Waals surface area contributed by atoms with Crippen LogP contribution in [0.5, 0.6) is 0 Å². The lowest BCUT2D eigenvalue weighted by atomic mass is 9.86. The van der Waals surface area contributed by atoms with Gasteiger partial charge in [0.2, 0.25) is 5.91 Å². The summed E-state index contributed by atoms with van der Waals surface area (Å²) in [4.78, 5) is 81.5. The van der Waals surface area contributed by atoms with Gasteiger partial charge >= 0.3 is 12.1 Å². The van der Waals surface area contributed by atoms with E-state index in [1.165, 1.54) is 7.11 Å². The van der Waals surface area contributed by atoms with Crippen LogP contribution in [0.4, 0.5) is 4.79 Å². The van der Waals surface area contributed by atoms with Crippen LogP contribution in [-0.2, 0) is 43.0 Å². The van der Waals surface area contributed by atoms with Crippen molar-refractivity contribution < 1.29 is 47.8 Å². The van der Waals surface area contributed by atoms with E-state index in [2.05, 4.69) is 15.4 Å². The zero-order valence-corrected chi connectivity index (χ0v) is 20.2. The summed E-state index contributed by atoms with van der Waals surface area (Å²) >= 11 is 0.853. The Kier molecular flexibility index (Phi) is 12.3. The predicted molar refractivity (Wildman–Crippen MR) is 119 cm³/mol. The van der Waals surface area contributed by atoms with Crippen molar-refractivity contribution in [3.8, 4) is 0 Å². The minimum absolute atomic E-state index is 0.0197. The number of amides is 2. The van der Waals surface area contributed by atoms with Gasteiger partial charge in [-0.05, 0) is 0 Å². The van der Waals surface area contributed by atoms with Crippen molar-refractivity contribution in [1.82, 2.24) is 10.6 Å². The van der Waals surface area contributed by atoms with Gasteiger partial charge in [0.25, 0.3) is 5.91 Å². The molecule has 0 aliphatic carbocycles. The van der Waals surface area contributed by atoms with E-state index in [9.17, 15) is 33.6 Å². The molecule has 1 heterocycles. The van der Waals surface area contributed by atoms with Gasteiger partial charge in [0.15, 0.2) is 11.2 Å². The summed E-state index contributed by atoms with van der Waals surface area (Å²) in [6.07, 6.45) is -3.03. The first-order valence-corrected chi connectivity index (χ1v) is 11.6. The molecular weight excluding hydrogens is 472 g/mol. The Morgan fingerprint density at radius 2 is 1.71 bits per heavy atom. The van der Waals surface area contributed by atoms with Crippen molar-refractivity contribution in [3.63, 3.8) is 0 Å². The van der Waals surface area contributed by atoms with E-state index in [1.807, 2.05) is 0 Å². The zero-order chi connectivity index (χ0) is 25.7. The summed E-state index contributed by atoms with van der Waals surface area (Å²) in [5.41, 5.74) is -0.707. The third-order valence-electron chi connectivity index (χ3n) is 4.63. The molecule has 1 saturated heterocycles. The number of esters is 1. The molecule has 2 amide bonds. The number of carbonyl (C=O) groups is 7. The Labute approximate surface area is 201 Å². The molecule has 1 atom stereocenters. The fourth-order valence-corrected chi connectivity index (χ4v) is 3.48.